The lowest BCUT2D eigenvalue weighted by Gasteiger charge is -2.17. The van der Waals surface area contributed by atoms with E-state index >= 15 is 0 Å². The van der Waals surface area contributed by atoms with Gasteiger partial charge in [-0.15, -0.1) is 0 Å². The Bertz CT molecular complexity index is 1150. The van der Waals surface area contributed by atoms with Gasteiger partial charge in [0.05, 0.1) is 5.69 Å². The second-order valence-electron chi connectivity index (χ2n) is 6.60. The van der Waals surface area contributed by atoms with Crippen molar-refractivity contribution in [1.29, 1.82) is 0 Å². The molecule has 5 heteroatoms. The number of benzene rings is 1. The van der Waals surface area contributed by atoms with Crippen molar-refractivity contribution in [2.75, 3.05) is 11.4 Å². The van der Waals surface area contributed by atoms with Crippen LogP contribution in [0.4, 0.5) is 5.69 Å². The van der Waals surface area contributed by atoms with Gasteiger partial charge in [-0.1, -0.05) is 0 Å². The molecular formula is C23H16N4O. The smallest absolute Gasteiger partial charge is 0.247 e. The number of carbonyl (C=O) groups is 1. The number of anilines is 1. The first-order valence-corrected chi connectivity index (χ1v) is 9.01. The molecule has 0 N–H and O–H groups in total. The number of hydrogen-bond acceptors (Lipinski definition) is 4. The molecule has 4 heterocycles. The molecule has 0 radical (unpaired) electrons. The molecule has 5 nitrogen and oxygen atoms in total. The van der Waals surface area contributed by atoms with Crippen LogP contribution in [0.25, 0.3) is 33.4 Å². The molecule has 1 fully saturated rings. The zero-order valence-electron chi connectivity index (χ0n) is 15.0. The zero-order valence-corrected chi connectivity index (χ0v) is 15.0. The van der Waals surface area contributed by atoms with Gasteiger partial charge in [0.2, 0.25) is 5.91 Å². The predicted molar refractivity (Wildman–Crippen MR) is 108 cm³/mol. The maximum Gasteiger partial charge on any atom is 0.247 e. The molecule has 0 unspecified atom stereocenters. The molecule has 28 heavy (non-hydrogen) atoms. The summed E-state index contributed by atoms with van der Waals surface area (Å²) in [5, 5.41) is 0. The van der Waals surface area contributed by atoms with Gasteiger partial charge in [0.15, 0.2) is 0 Å². The Hall–Kier alpha value is -3.86. The Morgan fingerprint density at radius 3 is 1.43 bits per heavy atom. The fourth-order valence-corrected chi connectivity index (χ4v) is 3.43. The summed E-state index contributed by atoms with van der Waals surface area (Å²) in [5.41, 5.74) is 7.22. The predicted octanol–water partition coefficient (Wildman–Crippen LogP) is 4.22. The van der Waals surface area contributed by atoms with Gasteiger partial charge in [0.1, 0.15) is 6.54 Å². The van der Waals surface area contributed by atoms with Gasteiger partial charge in [-0.05, 0) is 76.3 Å². The maximum atomic E-state index is 12.0. The molecule has 0 spiro atoms. The highest BCUT2D eigenvalue weighted by molar-refractivity contribution is 6.15. The van der Waals surface area contributed by atoms with Crippen LogP contribution in [0.5, 0.6) is 0 Å². The van der Waals surface area contributed by atoms with Crippen molar-refractivity contribution >= 4 is 11.6 Å². The quantitative estimate of drug-likeness (QED) is 0.509. The van der Waals surface area contributed by atoms with Crippen LogP contribution in [0, 0.1) is 0 Å². The van der Waals surface area contributed by atoms with Crippen LogP contribution in [0.3, 0.4) is 0 Å². The van der Waals surface area contributed by atoms with E-state index < -0.39 is 0 Å². The molecule has 1 aliphatic heterocycles. The summed E-state index contributed by atoms with van der Waals surface area (Å²) in [7, 11) is 0. The second kappa shape index (κ2) is 6.70. The van der Waals surface area contributed by atoms with E-state index in [2.05, 4.69) is 27.1 Å². The van der Waals surface area contributed by atoms with E-state index in [1.165, 1.54) is 0 Å². The van der Waals surface area contributed by atoms with Gasteiger partial charge >= 0.3 is 0 Å². The highest BCUT2D eigenvalue weighted by Gasteiger charge is 2.34. The average Bonchev–Trinajstić information content (AvgIpc) is 3.51. The second-order valence-corrected chi connectivity index (χ2v) is 6.60. The van der Waals surface area contributed by atoms with Gasteiger partial charge in [-0.2, -0.15) is 0 Å². The minimum Gasteiger partial charge on any atom is -0.301 e. The minimum absolute atomic E-state index is 0.132. The van der Waals surface area contributed by atoms with Crippen LogP contribution in [0.15, 0.2) is 85.7 Å². The molecule has 0 saturated carbocycles. The summed E-state index contributed by atoms with van der Waals surface area (Å²) in [6.07, 6.45) is 10.7. The maximum absolute atomic E-state index is 12.0. The topological polar surface area (TPSA) is 58.8 Å². The molecule has 1 saturated heterocycles. The minimum atomic E-state index is 0.132. The van der Waals surface area contributed by atoms with Crippen LogP contribution in [0.2, 0.25) is 0 Å². The Morgan fingerprint density at radius 2 is 1.00 bits per heavy atom. The summed E-state index contributed by atoms with van der Waals surface area (Å²) in [4.78, 5) is 26.2. The number of hydrogen-bond donors (Lipinski definition) is 0. The van der Waals surface area contributed by atoms with E-state index in [1.54, 1.807) is 42.1 Å². The number of pyridine rings is 3. The lowest BCUT2D eigenvalue weighted by atomic mass is 9.90. The van der Waals surface area contributed by atoms with Crippen molar-refractivity contribution in [2.45, 2.75) is 0 Å². The Balaban J connectivity index is 1.80. The number of rotatable bonds is 4. The molecule has 1 aliphatic rings. The van der Waals surface area contributed by atoms with E-state index in [4.69, 9.17) is 0 Å². The number of nitrogens with zero attached hydrogens (tertiary/aromatic N) is 4. The van der Waals surface area contributed by atoms with Crippen molar-refractivity contribution in [2.24, 2.45) is 0 Å². The Morgan fingerprint density at radius 1 is 0.607 bits per heavy atom. The van der Waals surface area contributed by atoms with Crippen LogP contribution < -0.4 is 4.90 Å². The zero-order chi connectivity index (χ0) is 18.9. The summed E-state index contributed by atoms with van der Waals surface area (Å²) in [6, 6.07) is 16.2. The van der Waals surface area contributed by atoms with E-state index in [-0.39, 0.29) is 5.91 Å². The van der Waals surface area contributed by atoms with E-state index in [0.717, 1.165) is 39.1 Å². The van der Waals surface area contributed by atoms with Gasteiger partial charge in [0, 0.05) is 42.7 Å². The molecule has 0 bridgehead atoms. The fourth-order valence-electron chi connectivity index (χ4n) is 3.43. The van der Waals surface area contributed by atoms with E-state index in [9.17, 15) is 4.79 Å². The van der Waals surface area contributed by atoms with E-state index in [0.29, 0.717) is 6.54 Å². The Kier molecular flexibility index (Phi) is 3.91. The van der Waals surface area contributed by atoms with Crippen LogP contribution in [-0.2, 0) is 4.79 Å². The largest absolute Gasteiger partial charge is 0.301 e. The Labute approximate surface area is 162 Å². The molecule has 4 aromatic rings. The van der Waals surface area contributed by atoms with Crippen molar-refractivity contribution in [3.05, 3.63) is 85.7 Å². The summed E-state index contributed by atoms with van der Waals surface area (Å²) in [6.45, 7) is 0.447. The van der Waals surface area contributed by atoms with Crippen molar-refractivity contribution in [3.63, 3.8) is 0 Å². The summed E-state index contributed by atoms with van der Waals surface area (Å²) in [5.74, 6) is 0.132. The van der Waals surface area contributed by atoms with Crippen LogP contribution in [-0.4, -0.2) is 27.4 Å². The average molecular weight is 364 g/mol. The molecule has 1 amide bonds. The van der Waals surface area contributed by atoms with Gasteiger partial charge < -0.3 is 4.90 Å². The monoisotopic (exact) mass is 364 g/mol. The normalized spacial score (nSPS) is 12.9. The van der Waals surface area contributed by atoms with Gasteiger partial charge in [-0.3, -0.25) is 19.7 Å². The highest BCUT2D eigenvalue weighted by atomic mass is 16.2. The first-order chi connectivity index (χ1) is 13.8. The van der Waals surface area contributed by atoms with Gasteiger partial charge in [-0.25, -0.2) is 0 Å². The number of amides is 1. The molecule has 3 aromatic heterocycles. The number of carbonyl (C=O) groups excluding carboxylic acids is 1. The molecule has 5 rings (SSSR count). The third-order valence-electron chi connectivity index (χ3n) is 4.89. The number of aromatic nitrogens is 3. The standard InChI is InChI=1S/C23H16N4O/c28-23-15-27(23)22-14-20(17-3-9-25-10-4-17)19(16-1-7-24-8-2-16)13-21(22)18-5-11-26-12-6-18/h1-14H,15H2. The SMILES string of the molecule is O=C1CN1c1cc(-c2ccncc2)c(-c2ccncc2)cc1-c1ccncc1. The lowest BCUT2D eigenvalue weighted by Crippen LogP contribution is -1.99. The van der Waals surface area contributed by atoms with Crippen molar-refractivity contribution in [1.82, 2.24) is 15.0 Å². The van der Waals surface area contributed by atoms with Gasteiger partial charge in [0.25, 0.3) is 0 Å². The molecule has 0 aliphatic carbocycles. The third kappa shape index (κ3) is 2.93. The third-order valence-corrected chi connectivity index (χ3v) is 4.89. The molecular weight excluding hydrogens is 348 g/mol. The molecule has 1 aromatic carbocycles. The highest BCUT2D eigenvalue weighted by Crippen LogP contribution is 2.43. The fraction of sp³-hybridized carbons (Fsp3) is 0.0435. The first-order valence-electron chi connectivity index (χ1n) is 9.01. The lowest BCUT2D eigenvalue weighted by molar-refractivity contribution is -0.109. The van der Waals surface area contributed by atoms with Crippen LogP contribution >= 0.6 is 0 Å². The van der Waals surface area contributed by atoms with E-state index in [1.807, 2.05) is 36.4 Å². The van der Waals surface area contributed by atoms with Crippen LogP contribution in [0.1, 0.15) is 0 Å². The molecule has 134 valence electrons. The molecule has 0 atom stereocenters. The summed E-state index contributed by atoms with van der Waals surface area (Å²) >= 11 is 0. The first kappa shape index (κ1) is 16.3. The van der Waals surface area contributed by atoms with Crippen molar-refractivity contribution in [3.8, 4) is 33.4 Å². The van der Waals surface area contributed by atoms with Crippen molar-refractivity contribution < 1.29 is 4.79 Å². The summed E-state index contributed by atoms with van der Waals surface area (Å²) < 4.78 is 0.